The molecule has 16 heavy (non-hydrogen) atoms. The molecule has 7 nitrogen and oxygen atoms in total. The highest BCUT2D eigenvalue weighted by Crippen LogP contribution is 2.24. The molecule has 8 heteroatoms. The van der Waals surface area contributed by atoms with E-state index in [1.807, 2.05) is 6.92 Å². The van der Waals surface area contributed by atoms with Gasteiger partial charge in [-0.2, -0.15) is 4.98 Å². The molecular formula is C8H10ClN3O4. The second-order valence-electron chi connectivity index (χ2n) is 2.63. The van der Waals surface area contributed by atoms with Gasteiger partial charge in [0.05, 0.1) is 11.5 Å². The van der Waals surface area contributed by atoms with Crippen molar-refractivity contribution in [3.63, 3.8) is 0 Å². The summed E-state index contributed by atoms with van der Waals surface area (Å²) in [5.74, 6) is -0.148. The first-order valence-corrected chi connectivity index (χ1v) is 4.90. The Hall–Kier alpha value is -1.47. The van der Waals surface area contributed by atoms with Crippen LogP contribution in [0.2, 0.25) is 5.28 Å². The summed E-state index contributed by atoms with van der Waals surface area (Å²) in [4.78, 5) is 17.1. The zero-order chi connectivity index (χ0) is 12.0. The molecule has 0 aliphatic carbocycles. The van der Waals surface area contributed by atoms with Gasteiger partial charge < -0.3 is 9.47 Å². The topological polar surface area (TPSA) is 87.4 Å². The number of hydrogen-bond donors (Lipinski definition) is 0. The summed E-state index contributed by atoms with van der Waals surface area (Å²) in [5, 5.41) is 10.5. The van der Waals surface area contributed by atoms with Gasteiger partial charge in [0.2, 0.25) is 5.28 Å². The Morgan fingerprint density at radius 3 is 2.94 bits per heavy atom. The van der Waals surface area contributed by atoms with E-state index in [-0.39, 0.29) is 23.5 Å². The van der Waals surface area contributed by atoms with Gasteiger partial charge in [-0.15, -0.1) is 0 Å². The van der Waals surface area contributed by atoms with Crippen molar-refractivity contribution >= 4 is 17.3 Å². The highest BCUT2D eigenvalue weighted by molar-refractivity contribution is 6.28. The first-order valence-electron chi connectivity index (χ1n) is 4.52. The third kappa shape index (κ3) is 3.59. The van der Waals surface area contributed by atoms with E-state index in [1.165, 1.54) is 0 Å². The van der Waals surface area contributed by atoms with E-state index in [4.69, 9.17) is 21.1 Å². The van der Waals surface area contributed by atoms with E-state index in [2.05, 4.69) is 9.97 Å². The molecule has 0 amide bonds. The van der Waals surface area contributed by atoms with Crippen molar-refractivity contribution in [2.24, 2.45) is 0 Å². The fourth-order valence-corrected chi connectivity index (χ4v) is 1.04. The Labute approximate surface area is 96.5 Å². The van der Waals surface area contributed by atoms with Gasteiger partial charge in [0.1, 0.15) is 12.8 Å². The highest BCUT2D eigenvalue weighted by atomic mass is 35.5. The maximum atomic E-state index is 10.6. The molecule has 0 unspecified atom stereocenters. The van der Waals surface area contributed by atoms with Crippen LogP contribution in [0.3, 0.4) is 0 Å². The normalized spacial score (nSPS) is 10.1. The van der Waals surface area contributed by atoms with Crippen LogP contribution in [0.5, 0.6) is 5.88 Å². The molecular weight excluding hydrogens is 238 g/mol. The molecule has 0 aliphatic rings. The largest absolute Gasteiger partial charge is 0.470 e. The first kappa shape index (κ1) is 12.6. The van der Waals surface area contributed by atoms with Gasteiger partial charge in [-0.1, -0.05) is 0 Å². The van der Waals surface area contributed by atoms with Gasteiger partial charge in [-0.05, 0) is 18.5 Å². The molecule has 1 rings (SSSR count). The number of halogens is 1. The molecule has 1 aromatic rings. The Morgan fingerprint density at radius 1 is 1.56 bits per heavy atom. The quantitative estimate of drug-likeness (QED) is 0.327. The Balaban J connectivity index is 2.68. The average molecular weight is 248 g/mol. The maximum Gasteiger partial charge on any atom is 0.349 e. The lowest BCUT2D eigenvalue weighted by Gasteiger charge is -2.05. The lowest BCUT2D eigenvalue weighted by atomic mass is 10.5. The molecule has 0 fully saturated rings. The van der Waals surface area contributed by atoms with Crippen molar-refractivity contribution in [1.82, 2.24) is 9.97 Å². The number of ether oxygens (including phenoxy) is 2. The predicted octanol–water partition coefficient (Wildman–Crippen LogP) is 1.45. The minimum absolute atomic E-state index is 0.1000. The van der Waals surface area contributed by atoms with Gasteiger partial charge in [0.15, 0.2) is 0 Å². The van der Waals surface area contributed by atoms with Crippen LogP contribution in [0.1, 0.15) is 6.92 Å². The minimum atomic E-state index is -0.633. The predicted molar refractivity (Wildman–Crippen MR) is 55.7 cm³/mol. The molecule has 0 aromatic carbocycles. The maximum absolute atomic E-state index is 10.6. The first-order chi connectivity index (χ1) is 7.65. The summed E-state index contributed by atoms with van der Waals surface area (Å²) in [6.07, 6.45) is 1.01. The van der Waals surface area contributed by atoms with Gasteiger partial charge in [0, 0.05) is 6.61 Å². The monoisotopic (exact) mass is 247 g/mol. The Morgan fingerprint density at radius 2 is 2.31 bits per heavy atom. The number of hydrogen-bond acceptors (Lipinski definition) is 6. The zero-order valence-electron chi connectivity index (χ0n) is 8.55. The molecule has 0 bridgehead atoms. The molecule has 88 valence electrons. The van der Waals surface area contributed by atoms with E-state index in [9.17, 15) is 10.1 Å². The summed E-state index contributed by atoms with van der Waals surface area (Å²) >= 11 is 5.51. The molecule has 1 heterocycles. The van der Waals surface area contributed by atoms with Crippen molar-refractivity contribution in [1.29, 1.82) is 0 Å². The standard InChI is InChI=1S/C8H10ClN3O4/c1-2-15-3-4-16-7-6(12(13)14)5-10-8(9)11-7/h5H,2-4H2,1H3. The highest BCUT2D eigenvalue weighted by Gasteiger charge is 2.18. The number of nitro groups is 1. The fraction of sp³-hybridized carbons (Fsp3) is 0.500. The van der Waals surface area contributed by atoms with E-state index in [0.717, 1.165) is 6.20 Å². The van der Waals surface area contributed by atoms with Crippen LogP contribution < -0.4 is 4.74 Å². The van der Waals surface area contributed by atoms with E-state index in [1.54, 1.807) is 0 Å². The van der Waals surface area contributed by atoms with E-state index in [0.29, 0.717) is 13.2 Å². The number of rotatable bonds is 6. The van der Waals surface area contributed by atoms with Crippen LogP contribution in [0, 0.1) is 10.1 Å². The van der Waals surface area contributed by atoms with Crippen molar-refractivity contribution < 1.29 is 14.4 Å². The average Bonchev–Trinajstić information content (AvgIpc) is 2.24. The molecule has 0 spiro atoms. The molecule has 1 aromatic heterocycles. The summed E-state index contributed by atoms with van der Waals surface area (Å²) in [6, 6.07) is 0. The molecule has 0 radical (unpaired) electrons. The molecule has 0 atom stereocenters. The van der Waals surface area contributed by atoms with Gasteiger partial charge >= 0.3 is 5.69 Å². The fourth-order valence-electron chi connectivity index (χ4n) is 0.913. The summed E-state index contributed by atoms with van der Waals surface area (Å²) in [6.45, 7) is 2.89. The minimum Gasteiger partial charge on any atom is -0.470 e. The summed E-state index contributed by atoms with van der Waals surface area (Å²) in [5.41, 5.74) is -0.319. The summed E-state index contributed by atoms with van der Waals surface area (Å²) in [7, 11) is 0. The van der Waals surface area contributed by atoms with Crippen LogP contribution in [-0.2, 0) is 4.74 Å². The van der Waals surface area contributed by atoms with Crippen LogP contribution in [0.4, 0.5) is 5.69 Å². The zero-order valence-corrected chi connectivity index (χ0v) is 9.31. The summed E-state index contributed by atoms with van der Waals surface area (Å²) < 4.78 is 10.1. The molecule has 0 saturated heterocycles. The van der Waals surface area contributed by atoms with E-state index >= 15 is 0 Å². The number of aromatic nitrogens is 2. The third-order valence-electron chi connectivity index (χ3n) is 1.57. The van der Waals surface area contributed by atoms with Crippen molar-refractivity contribution in [2.45, 2.75) is 6.92 Å². The van der Waals surface area contributed by atoms with Crippen molar-refractivity contribution in [3.8, 4) is 5.88 Å². The second kappa shape index (κ2) is 6.19. The van der Waals surface area contributed by atoms with Crippen LogP contribution >= 0.6 is 11.6 Å². The second-order valence-corrected chi connectivity index (χ2v) is 2.97. The Kier molecular flexibility index (Phi) is 4.87. The van der Waals surface area contributed by atoms with Crippen LogP contribution in [-0.4, -0.2) is 34.7 Å². The SMILES string of the molecule is CCOCCOc1nc(Cl)ncc1[N+](=O)[O-]. The molecule has 0 saturated carbocycles. The smallest absolute Gasteiger partial charge is 0.349 e. The number of nitrogens with zero attached hydrogens (tertiary/aromatic N) is 3. The van der Waals surface area contributed by atoms with Gasteiger partial charge in [-0.3, -0.25) is 10.1 Å². The lowest BCUT2D eigenvalue weighted by molar-refractivity contribution is -0.386. The Bertz CT molecular complexity index is 374. The third-order valence-corrected chi connectivity index (χ3v) is 1.76. The van der Waals surface area contributed by atoms with Gasteiger partial charge in [-0.25, -0.2) is 4.98 Å². The van der Waals surface area contributed by atoms with Crippen molar-refractivity contribution in [3.05, 3.63) is 21.6 Å². The molecule has 0 aliphatic heterocycles. The lowest BCUT2D eigenvalue weighted by Crippen LogP contribution is -2.09. The van der Waals surface area contributed by atoms with Gasteiger partial charge in [0.25, 0.3) is 5.88 Å². The van der Waals surface area contributed by atoms with E-state index < -0.39 is 4.92 Å². The van der Waals surface area contributed by atoms with Crippen molar-refractivity contribution in [2.75, 3.05) is 19.8 Å². The van der Waals surface area contributed by atoms with Crippen LogP contribution in [0.15, 0.2) is 6.20 Å². The molecule has 0 N–H and O–H groups in total. The van der Waals surface area contributed by atoms with Crippen LogP contribution in [0.25, 0.3) is 0 Å².